The Morgan fingerprint density at radius 2 is 1.83 bits per heavy atom. The number of aliphatic hydroxyl groups is 1. The summed E-state index contributed by atoms with van der Waals surface area (Å²) in [7, 11) is 0. The third-order valence-corrected chi connectivity index (χ3v) is 4.25. The summed E-state index contributed by atoms with van der Waals surface area (Å²) in [6.07, 6.45) is 1.81. The Morgan fingerprint density at radius 3 is 2.50 bits per heavy atom. The van der Waals surface area contributed by atoms with E-state index in [-0.39, 0.29) is 0 Å². The minimum absolute atomic E-state index is 0.505. The van der Waals surface area contributed by atoms with Crippen LogP contribution in [0.25, 0.3) is 20.8 Å². The molecule has 0 fully saturated rings. The van der Waals surface area contributed by atoms with Gasteiger partial charge >= 0.3 is 0 Å². The van der Waals surface area contributed by atoms with Crippen molar-refractivity contribution in [1.82, 2.24) is 0 Å². The standard InChI is InChI=1S/C16H13BrO/c1-2-5-13(18)15-11-8-3-6-10-7-4-9-12(14(10)11)16(15)17/h2-4,6-9,13,18H,1,5H2. The summed E-state index contributed by atoms with van der Waals surface area (Å²) in [5, 5.41) is 12.7. The van der Waals surface area contributed by atoms with Crippen molar-refractivity contribution in [3.05, 3.63) is 60.2 Å². The Hall–Kier alpha value is -1.38. The maximum atomic E-state index is 10.3. The molecule has 0 radical (unpaired) electrons. The van der Waals surface area contributed by atoms with Gasteiger partial charge in [-0.1, -0.05) is 42.5 Å². The quantitative estimate of drug-likeness (QED) is 0.835. The van der Waals surface area contributed by atoms with Crippen LogP contribution in [0.4, 0.5) is 0 Å². The Bertz CT molecular complexity index is 665. The van der Waals surface area contributed by atoms with Gasteiger partial charge in [-0.05, 0) is 44.3 Å². The number of halogens is 1. The van der Waals surface area contributed by atoms with Crippen LogP contribution in [0.1, 0.15) is 17.5 Å². The topological polar surface area (TPSA) is 20.2 Å². The first-order chi connectivity index (χ1) is 8.74. The van der Waals surface area contributed by atoms with E-state index < -0.39 is 6.10 Å². The molecule has 0 heterocycles. The molecule has 1 nitrogen and oxygen atoms in total. The van der Waals surface area contributed by atoms with Crippen molar-refractivity contribution in [3.8, 4) is 0 Å². The molecule has 1 N–H and O–H groups in total. The molecule has 1 aliphatic carbocycles. The average Bonchev–Trinajstić information content (AvgIpc) is 2.66. The molecule has 2 heteroatoms. The molecular weight excluding hydrogens is 288 g/mol. The van der Waals surface area contributed by atoms with Crippen LogP contribution in [0.5, 0.6) is 0 Å². The van der Waals surface area contributed by atoms with Crippen LogP contribution in [0.15, 0.2) is 49.1 Å². The highest BCUT2D eigenvalue weighted by Crippen LogP contribution is 2.46. The van der Waals surface area contributed by atoms with E-state index in [4.69, 9.17) is 0 Å². The molecule has 0 aliphatic heterocycles. The smallest absolute Gasteiger partial charge is 0.0841 e. The van der Waals surface area contributed by atoms with Crippen LogP contribution in [-0.2, 0) is 0 Å². The number of hydrogen-bond donors (Lipinski definition) is 1. The molecule has 1 aliphatic rings. The fourth-order valence-corrected chi connectivity index (χ4v) is 3.42. The monoisotopic (exact) mass is 300 g/mol. The summed E-state index contributed by atoms with van der Waals surface area (Å²) in [5.41, 5.74) is 3.27. The van der Waals surface area contributed by atoms with Crippen molar-refractivity contribution in [2.45, 2.75) is 12.5 Å². The molecule has 1 unspecified atom stereocenters. The predicted molar refractivity (Wildman–Crippen MR) is 80.5 cm³/mol. The molecule has 0 spiro atoms. The van der Waals surface area contributed by atoms with E-state index in [0.29, 0.717) is 6.42 Å². The Balaban J connectivity index is 2.28. The van der Waals surface area contributed by atoms with Crippen LogP contribution in [0.2, 0.25) is 0 Å². The average molecular weight is 301 g/mol. The molecule has 2 aromatic carbocycles. The molecule has 0 amide bonds. The summed E-state index contributed by atoms with van der Waals surface area (Å²) >= 11 is 3.63. The second-order valence-electron chi connectivity index (χ2n) is 4.48. The molecule has 3 rings (SSSR count). The van der Waals surface area contributed by atoms with Crippen LogP contribution in [0, 0.1) is 0 Å². The van der Waals surface area contributed by atoms with Crippen molar-refractivity contribution in [2.75, 3.05) is 0 Å². The van der Waals surface area contributed by atoms with Crippen LogP contribution >= 0.6 is 15.9 Å². The number of hydrogen-bond acceptors (Lipinski definition) is 1. The fraction of sp³-hybridized carbons (Fsp3) is 0.125. The third-order valence-electron chi connectivity index (χ3n) is 3.39. The van der Waals surface area contributed by atoms with Gasteiger partial charge in [0.2, 0.25) is 0 Å². The van der Waals surface area contributed by atoms with E-state index >= 15 is 0 Å². The molecule has 18 heavy (non-hydrogen) atoms. The molecule has 1 atom stereocenters. The summed E-state index contributed by atoms with van der Waals surface area (Å²) < 4.78 is 1.00. The number of rotatable bonds is 3. The molecule has 0 aromatic heterocycles. The Kier molecular flexibility index (Phi) is 2.84. The van der Waals surface area contributed by atoms with Crippen LogP contribution < -0.4 is 0 Å². The van der Waals surface area contributed by atoms with E-state index in [0.717, 1.165) is 15.6 Å². The minimum atomic E-state index is -0.505. The van der Waals surface area contributed by atoms with Gasteiger partial charge in [-0.25, -0.2) is 0 Å². The van der Waals surface area contributed by atoms with Gasteiger partial charge in [0, 0.05) is 10.1 Å². The highest BCUT2D eigenvalue weighted by atomic mass is 79.9. The van der Waals surface area contributed by atoms with E-state index in [1.165, 1.54) is 16.3 Å². The minimum Gasteiger partial charge on any atom is -0.388 e. The molecule has 2 aromatic rings. The molecule has 0 saturated carbocycles. The van der Waals surface area contributed by atoms with Gasteiger partial charge in [-0.2, -0.15) is 0 Å². The first-order valence-electron chi connectivity index (χ1n) is 5.95. The highest BCUT2D eigenvalue weighted by Gasteiger charge is 2.26. The maximum absolute atomic E-state index is 10.3. The normalized spacial score (nSPS) is 15.2. The first-order valence-corrected chi connectivity index (χ1v) is 6.74. The van der Waals surface area contributed by atoms with Crippen molar-refractivity contribution in [3.63, 3.8) is 0 Å². The van der Waals surface area contributed by atoms with E-state index in [2.05, 4.69) is 46.8 Å². The number of aliphatic hydroxyl groups excluding tert-OH is 1. The summed E-state index contributed by atoms with van der Waals surface area (Å²) in [6, 6.07) is 12.4. The van der Waals surface area contributed by atoms with Crippen molar-refractivity contribution >= 4 is 36.8 Å². The van der Waals surface area contributed by atoms with Gasteiger partial charge in [-0.3, -0.25) is 0 Å². The van der Waals surface area contributed by atoms with Crippen molar-refractivity contribution in [2.24, 2.45) is 0 Å². The molecule has 90 valence electrons. The Morgan fingerprint density at radius 1 is 1.17 bits per heavy atom. The summed E-state index contributed by atoms with van der Waals surface area (Å²) in [6.45, 7) is 3.70. The molecular formula is C16H13BrO. The molecule has 0 bridgehead atoms. The first kappa shape index (κ1) is 11.7. The lowest BCUT2D eigenvalue weighted by atomic mass is 9.98. The predicted octanol–water partition coefficient (Wildman–Crippen LogP) is 4.35. The second-order valence-corrected chi connectivity index (χ2v) is 5.27. The van der Waals surface area contributed by atoms with E-state index in [1.807, 2.05) is 12.1 Å². The largest absolute Gasteiger partial charge is 0.388 e. The number of benzene rings is 2. The maximum Gasteiger partial charge on any atom is 0.0841 e. The molecule has 0 saturated heterocycles. The fourth-order valence-electron chi connectivity index (χ4n) is 2.61. The summed E-state index contributed by atoms with van der Waals surface area (Å²) in [5.74, 6) is 0. The van der Waals surface area contributed by atoms with E-state index in [9.17, 15) is 5.11 Å². The zero-order chi connectivity index (χ0) is 12.7. The SMILES string of the molecule is C=CCC(O)C1=C(Br)c2cccc3cccc1c23. The summed E-state index contributed by atoms with van der Waals surface area (Å²) in [4.78, 5) is 0. The second kappa shape index (κ2) is 4.38. The zero-order valence-electron chi connectivity index (χ0n) is 9.86. The van der Waals surface area contributed by atoms with Crippen molar-refractivity contribution < 1.29 is 5.11 Å². The van der Waals surface area contributed by atoms with Crippen LogP contribution in [0.3, 0.4) is 0 Å². The van der Waals surface area contributed by atoms with Crippen LogP contribution in [-0.4, -0.2) is 11.2 Å². The Labute approximate surface area is 115 Å². The lowest BCUT2D eigenvalue weighted by molar-refractivity contribution is 0.237. The van der Waals surface area contributed by atoms with E-state index in [1.54, 1.807) is 6.08 Å². The van der Waals surface area contributed by atoms with Gasteiger partial charge < -0.3 is 5.11 Å². The third kappa shape index (κ3) is 1.57. The lowest BCUT2D eigenvalue weighted by Crippen LogP contribution is -2.07. The van der Waals surface area contributed by atoms with Crippen molar-refractivity contribution in [1.29, 1.82) is 0 Å². The lowest BCUT2D eigenvalue weighted by Gasteiger charge is -2.12. The highest BCUT2D eigenvalue weighted by molar-refractivity contribution is 9.15. The van der Waals surface area contributed by atoms with Gasteiger partial charge in [-0.15, -0.1) is 6.58 Å². The van der Waals surface area contributed by atoms with Gasteiger partial charge in [0.05, 0.1) is 6.10 Å². The van der Waals surface area contributed by atoms with Gasteiger partial charge in [0.25, 0.3) is 0 Å². The zero-order valence-corrected chi connectivity index (χ0v) is 11.4. The van der Waals surface area contributed by atoms with Gasteiger partial charge in [0.15, 0.2) is 0 Å². The van der Waals surface area contributed by atoms with Gasteiger partial charge in [0.1, 0.15) is 0 Å².